The number of carbonyl (C=O) groups excluding carboxylic acids is 9. The van der Waals surface area contributed by atoms with E-state index in [0.29, 0.717) is 11.1 Å². The van der Waals surface area contributed by atoms with E-state index in [1.54, 1.807) is 102 Å². The van der Waals surface area contributed by atoms with Crippen molar-refractivity contribution in [2.24, 2.45) is 39.9 Å². The number of nitrogens with two attached hydrogens (primary N) is 3. The van der Waals surface area contributed by atoms with Gasteiger partial charge in [0, 0.05) is 6.54 Å². The van der Waals surface area contributed by atoms with Crippen molar-refractivity contribution in [2.75, 3.05) is 32.9 Å². The highest BCUT2D eigenvalue weighted by Gasteiger charge is 2.39. The predicted octanol–water partition coefficient (Wildman–Crippen LogP) is -4.28. The highest BCUT2D eigenvalue weighted by Crippen LogP contribution is 2.18. The second kappa shape index (κ2) is 35.6. The number of aliphatic hydroxyl groups excluding tert-OH is 4. The molecule has 29 nitrogen and oxygen atoms in total. The first-order chi connectivity index (χ1) is 38.3. The van der Waals surface area contributed by atoms with Crippen LogP contribution in [-0.4, -0.2) is 178 Å². The van der Waals surface area contributed by atoms with E-state index in [1.165, 1.54) is 0 Å². The van der Waals surface area contributed by atoms with Crippen molar-refractivity contribution in [3.63, 3.8) is 0 Å². The van der Waals surface area contributed by atoms with Crippen molar-refractivity contribution in [1.29, 1.82) is 0 Å². The Balaban J connectivity index is 2.39. The van der Waals surface area contributed by atoms with Crippen molar-refractivity contribution in [2.45, 2.75) is 134 Å². The fraction of sp³-hybridized carbons (Fsp3) is 0.558. The first-order valence-electron chi connectivity index (χ1n) is 26.2. The summed E-state index contributed by atoms with van der Waals surface area (Å²) < 4.78 is 5.37. The van der Waals surface area contributed by atoms with Crippen molar-refractivity contribution in [3.05, 3.63) is 71.8 Å². The van der Waals surface area contributed by atoms with Crippen LogP contribution in [0.15, 0.2) is 65.7 Å². The van der Waals surface area contributed by atoms with E-state index in [-0.39, 0.29) is 50.7 Å². The maximum atomic E-state index is 14.4. The number of alkyl carbamates (subject to hydrolysis) is 1. The molecule has 0 heterocycles. The maximum Gasteiger partial charge on any atom is 0.408 e. The van der Waals surface area contributed by atoms with Crippen molar-refractivity contribution in [1.82, 2.24) is 47.9 Å². The van der Waals surface area contributed by atoms with Crippen LogP contribution in [0.3, 0.4) is 0 Å². The topological polar surface area (TPSA) is 480 Å². The molecule has 29 heteroatoms. The van der Waals surface area contributed by atoms with Crippen LogP contribution in [0.1, 0.15) is 84.4 Å². The average molecular weight is 1140 g/mol. The quantitative estimate of drug-likeness (QED) is 0.0176. The smallest absolute Gasteiger partial charge is 0.408 e. The van der Waals surface area contributed by atoms with Gasteiger partial charge in [-0.05, 0) is 48.1 Å². The molecule has 0 aliphatic rings. The van der Waals surface area contributed by atoms with Crippen LogP contribution in [-0.2, 0) is 54.5 Å². The molecule has 0 aliphatic carbocycles. The third kappa shape index (κ3) is 24.1. The maximum absolute atomic E-state index is 14.4. The molecule has 0 bridgehead atoms. The number of hydrogen-bond donors (Lipinski definition) is 17. The number of aliphatic hydroxyl groups is 4. The molecule has 0 aromatic heterocycles. The number of hydrogen-bond acceptors (Lipinski definition) is 17. The SMILES string of the molecule is CC[C@H](C)[C@H](NC(=O)[C@@H](CCCN=C(N)N)NC(=O)[C@H](CC(C)C)NC(=O)[C@@H](NC(=O)[C@@H](NC(=O)OCc1ccccc1)[C@H](N)c1ccccc1)[C@H](O)C(C)C)C(=O)N[C@@H](CO)C(=O)NCC(=O)N[C@@H](CO)C(=O)N[C@@H](CO)C(=O)O. The molecular formula is C52H81N13O16. The molecule has 20 N–H and O–H groups in total. The van der Waals surface area contributed by atoms with E-state index in [1.807, 2.05) is 5.32 Å². The second-order valence-corrected chi connectivity index (χ2v) is 19.8. The van der Waals surface area contributed by atoms with Crippen LogP contribution in [0.5, 0.6) is 0 Å². The zero-order valence-corrected chi connectivity index (χ0v) is 46.3. The van der Waals surface area contributed by atoms with E-state index >= 15 is 0 Å². The Bertz CT molecular complexity index is 2420. The zero-order valence-electron chi connectivity index (χ0n) is 46.3. The molecular weight excluding hydrogens is 1060 g/mol. The lowest BCUT2D eigenvalue weighted by Gasteiger charge is -2.32. The lowest BCUT2D eigenvalue weighted by atomic mass is 9.95. The monoisotopic (exact) mass is 1140 g/mol. The Morgan fingerprint density at radius 1 is 0.593 bits per heavy atom. The van der Waals surface area contributed by atoms with Gasteiger partial charge in [-0.1, -0.05) is 109 Å². The molecule has 0 aliphatic heterocycles. The van der Waals surface area contributed by atoms with Gasteiger partial charge in [0.05, 0.1) is 38.5 Å². The van der Waals surface area contributed by atoms with Gasteiger partial charge >= 0.3 is 12.1 Å². The first-order valence-corrected chi connectivity index (χ1v) is 26.2. The second-order valence-electron chi connectivity index (χ2n) is 19.8. The largest absolute Gasteiger partial charge is 0.480 e. The number of amides is 9. The number of carbonyl (C=O) groups is 10. The van der Waals surface area contributed by atoms with Crippen LogP contribution in [0.25, 0.3) is 0 Å². The van der Waals surface area contributed by atoms with Crippen molar-refractivity contribution in [3.8, 4) is 0 Å². The minimum absolute atomic E-state index is 0.0134. The van der Waals surface area contributed by atoms with Gasteiger partial charge in [-0.2, -0.15) is 0 Å². The number of nitrogens with one attached hydrogen (secondary N) is 9. The highest BCUT2D eigenvalue weighted by molar-refractivity contribution is 5.98. The molecule has 0 saturated carbocycles. The fourth-order valence-corrected chi connectivity index (χ4v) is 7.62. The van der Waals surface area contributed by atoms with Gasteiger partial charge in [-0.15, -0.1) is 0 Å². The summed E-state index contributed by atoms with van der Waals surface area (Å²) in [6, 6.07) is 2.96. The summed E-state index contributed by atoms with van der Waals surface area (Å²) in [5.74, 6) is -11.7. The number of carboxylic acid groups (broad SMARTS) is 1. The van der Waals surface area contributed by atoms with Gasteiger partial charge in [0.1, 0.15) is 54.9 Å². The molecule has 2 aromatic carbocycles. The van der Waals surface area contributed by atoms with E-state index in [0.717, 1.165) is 0 Å². The molecule has 0 radical (unpaired) electrons. The number of rotatable bonds is 35. The molecule has 0 unspecified atom stereocenters. The van der Waals surface area contributed by atoms with E-state index in [9.17, 15) is 68.4 Å². The van der Waals surface area contributed by atoms with Gasteiger partial charge in [0.2, 0.25) is 47.3 Å². The van der Waals surface area contributed by atoms with Crippen LogP contribution >= 0.6 is 0 Å². The Kier molecular flexibility index (Phi) is 30.4. The number of carboxylic acids is 1. The van der Waals surface area contributed by atoms with Crippen LogP contribution in [0.2, 0.25) is 0 Å². The van der Waals surface area contributed by atoms with Gasteiger partial charge in [-0.25, -0.2) is 9.59 Å². The number of guanidine groups is 1. The number of nitrogens with zero attached hydrogens (tertiary/aromatic N) is 1. The molecule has 2 rings (SSSR count). The van der Waals surface area contributed by atoms with Gasteiger partial charge in [-0.3, -0.25) is 43.3 Å². The lowest BCUT2D eigenvalue weighted by Crippen LogP contribution is -2.63. The molecule has 11 atom stereocenters. The molecule has 0 saturated heterocycles. The van der Waals surface area contributed by atoms with Crippen LogP contribution in [0.4, 0.5) is 4.79 Å². The number of aliphatic imine (C=N–C) groups is 1. The predicted molar refractivity (Wildman–Crippen MR) is 292 cm³/mol. The summed E-state index contributed by atoms with van der Waals surface area (Å²) in [7, 11) is 0. The first kappa shape index (κ1) is 69.1. The molecule has 81 heavy (non-hydrogen) atoms. The fourth-order valence-electron chi connectivity index (χ4n) is 7.62. The summed E-state index contributed by atoms with van der Waals surface area (Å²) in [5, 5.41) is 70.7. The Morgan fingerprint density at radius 3 is 1.63 bits per heavy atom. The lowest BCUT2D eigenvalue weighted by molar-refractivity contribution is -0.143. The molecule has 0 spiro atoms. The van der Waals surface area contributed by atoms with Gasteiger partial charge < -0.3 is 95.3 Å². The van der Waals surface area contributed by atoms with E-state index in [2.05, 4.69) is 47.5 Å². The molecule has 2 aromatic rings. The summed E-state index contributed by atoms with van der Waals surface area (Å²) in [5.41, 5.74) is 18.7. The highest BCUT2D eigenvalue weighted by atomic mass is 16.5. The zero-order chi connectivity index (χ0) is 60.9. The Labute approximate surface area is 469 Å². The third-order valence-corrected chi connectivity index (χ3v) is 12.5. The number of benzene rings is 2. The molecule has 9 amide bonds. The number of ether oxygens (including phenoxy) is 1. The minimum atomic E-state index is -1.76. The minimum Gasteiger partial charge on any atom is -0.480 e. The summed E-state index contributed by atoms with van der Waals surface area (Å²) in [4.78, 5) is 138. The van der Waals surface area contributed by atoms with Gasteiger partial charge in [0.15, 0.2) is 5.96 Å². The third-order valence-electron chi connectivity index (χ3n) is 12.5. The van der Waals surface area contributed by atoms with E-state index < -0.39 is 158 Å². The van der Waals surface area contributed by atoms with Crippen LogP contribution < -0.4 is 65.1 Å². The Hall–Kier alpha value is -7.99. The van der Waals surface area contributed by atoms with Crippen LogP contribution in [0, 0.1) is 17.8 Å². The summed E-state index contributed by atoms with van der Waals surface area (Å²) in [6.45, 7) is 5.84. The normalized spacial score (nSPS) is 15.2. The summed E-state index contributed by atoms with van der Waals surface area (Å²) >= 11 is 0. The average Bonchev–Trinajstić information content (AvgIpc) is 3.47. The van der Waals surface area contributed by atoms with E-state index in [4.69, 9.17) is 27.0 Å². The standard InChI is InChI=1S/C52H81N13O16/c1-7-29(6)39(47(75)61-34(23-66)43(71)57-22-37(69)58-35(24-67)46(74)62-36(25-68)50(78)79)63-44(72)32(19-14-20-56-51(54)55)59-45(73)33(21-27(2)3)60-49(77)41(42(70)28(4)5)64-48(76)40(38(53)31-17-12-9-13-18-31)65-52(80)81-26-30-15-10-8-11-16-30/h8-13,15-18,27-29,32-36,38-42,66-68,70H,7,14,19-26,53H2,1-6H3,(H,57,71)(H,58,69)(H,59,73)(H,60,77)(H,61,75)(H,62,74)(H,63,72)(H,64,76)(H,65,80)(H,78,79)(H4,54,55,56)/t29-,32+,33-,34-,35-,36-,38+,39-,40-,41-,42+/m0/s1. The molecule has 450 valence electrons. The van der Waals surface area contributed by atoms with Crippen molar-refractivity contribution >= 4 is 65.3 Å². The van der Waals surface area contributed by atoms with Gasteiger partial charge in [0.25, 0.3) is 0 Å². The molecule has 0 fully saturated rings. The van der Waals surface area contributed by atoms with Crippen molar-refractivity contribution < 1.29 is 78.2 Å². The number of aliphatic carboxylic acids is 1. The Morgan fingerprint density at radius 2 is 1.09 bits per heavy atom. The summed E-state index contributed by atoms with van der Waals surface area (Å²) in [6.07, 6.45) is -2.45.